The summed E-state index contributed by atoms with van der Waals surface area (Å²) < 4.78 is 52.9. The summed E-state index contributed by atoms with van der Waals surface area (Å²) >= 11 is 0. The number of nitrogens with one attached hydrogen (secondary N) is 1. The highest BCUT2D eigenvalue weighted by Gasteiger charge is 2.06. The molecule has 2 aromatic rings. The minimum Gasteiger partial charge on any atom is -0.433 e. The molecule has 0 aliphatic carbocycles. The fraction of sp³-hybridized carbons (Fsp3) is 0.214. The third-order valence-corrected chi connectivity index (χ3v) is 2.67. The largest absolute Gasteiger partial charge is 0.433 e. The number of benzene rings is 1. The maximum Gasteiger partial charge on any atom is 0.387 e. The molecule has 0 atom stereocenters. The van der Waals surface area contributed by atoms with Crippen molar-refractivity contribution >= 4 is 5.82 Å². The van der Waals surface area contributed by atoms with Crippen molar-refractivity contribution in [1.29, 1.82) is 0 Å². The molecule has 0 bridgehead atoms. The van der Waals surface area contributed by atoms with Crippen LogP contribution in [0.5, 0.6) is 5.75 Å². The van der Waals surface area contributed by atoms with Crippen LogP contribution in [0.1, 0.15) is 17.6 Å². The molecule has 0 saturated carbocycles. The van der Waals surface area contributed by atoms with Crippen LogP contribution in [0.4, 0.5) is 23.4 Å². The molecule has 0 aliphatic heterocycles. The quantitative estimate of drug-likeness (QED) is 0.811. The number of alkyl halides is 4. The van der Waals surface area contributed by atoms with Crippen LogP contribution < -0.4 is 10.1 Å². The van der Waals surface area contributed by atoms with E-state index in [1.54, 1.807) is 12.1 Å². The monoisotopic (exact) mass is 300 g/mol. The minimum atomic E-state index is -2.89. The second-order valence-corrected chi connectivity index (χ2v) is 4.15. The first kappa shape index (κ1) is 15.1. The van der Waals surface area contributed by atoms with Crippen LogP contribution in [-0.4, -0.2) is 11.6 Å². The molecule has 0 radical (unpaired) electrons. The van der Waals surface area contributed by atoms with Gasteiger partial charge in [-0.3, -0.25) is 0 Å². The van der Waals surface area contributed by atoms with E-state index in [0.717, 1.165) is 5.56 Å². The van der Waals surface area contributed by atoms with Crippen molar-refractivity contribution in [2.75, 3.05) is 5.32 Å². The van der Waals surface area contributed by atoms with E-state index in [9.17, 15) is 17.6 Å². The number of halogens is 4. The Hall–Kier alpha value is -2.31. The lowest BCUT2D eigenvalue weighted by Gasteiger charge is -2.08. The van der Waals surface area contributed by atoms with E-state index < -0.39 is 13.0 Å². The lowest BCUT2D eigenvalue weighted by atomic mass is 10.1. The maximum atomic E-state index is 12.4. The molecular formula is C14H12F4N2O. The number of aromatic nitrogens is 1. The Morgan fingerprint density at radius 1 is 1.00 bits per heavy atom. The smallest absolute Gasteiger partial charge is 0.387 e. The summed E-state index contributed by atoms with van der Waals surface area (Å²) in [5.74, 6) is 0.436. The van der Waals surface area contributed by atoms with Gasteiger partial charge in [0, 0.05) is 12.1 Å². The molecule has 21 heavy (non-hydrogen) atoms. The first-order valence-corrected chi connectivity index (χ1v) is 6.06. The summed E-state index contributed by atoms with van der Waals surface area (Å²) in [6, 6.07) is 8.74. The molecule has 1 aromatic heterocycles. The van der Waals surface area contributed by atoms with Crippen molar-refractivity contribution in [3.8, 4) is 5.75 Å². The molecule has 0 spiro atoms. The number of hydrogen-bond acceptors (Lipinski definition) is 3. The van der Waals surface area contributed by atoms with Gasteiger partial charge in [0.2, 0.25) is 0 Å². The van der Waals surface area contributed by atoms with Gasteiger partial charge in [-0.1, -0.05) is 24.3 Å². The Morgan fingerprint density at radius 3 is 2.24 bits per heavy atom. The van der Waals surface area contributed by atoms with Crippen LogP contribution in [0.3, 0.4) is 0 Å². The van der Waals surface area contributed by atoms with Gasteiger partial charge in [0.25, 0.3) is 6.43 Å². The zero-order valence-corrected chi connectivity index (χ0v) is 10.8. The Labute approximate surface area is 118 Å². The van der Waals surface area contributed by atoms with Crippen LogP contribution in [-0.2, 0) is 6.54 Å². The van der Waals surface area contributed by atoms with Gasteiger partial charge in [-0.25, -0.2) is 13.8 Å². The second-order valence-electron chi connectivity index (χ2n) is 4.15. The average Bonchev–Trinajstić information content (AvgIpc) is 2.46. The molecule has 0 fully saturated rings. The molecule has 1 aromatic carbocycles. The maximum absolute atomic E-state index is 12.4. The fourth-order valence-electron chi connectivity index (χ4n) is 1.63. The molecule has 0 saturated heterocycles. The molecule has 7 heteroatoms. The lowest BCUT2D eigenvalue weighted by Crippen LogP contribution is -2.04. The number of rotatable bonds is 6. The number of ether oxygens (including phenoxy) is 1. The van der Waals surface area contributed by atoms with Crippen molar-refractivity contribution < 1.29 is 22.3 Å². The van der Waals surface area contributed by atoms with Crippen molar-refractivity contribution in [3.05, 3.63) is 53.7 Å². The molecular weight excluding hydrogens is 288 g/mol. The van der Waals surface area contributed by atoms with E-state index in [4.69, 9.17) is 0 Å². The van der Waals surface area contributed by atoms with E-state index in [1.165, 1.54) is 30.5 Å². The number of nitrogens with zero attached hydrogens (tertiary/aromatic N) is 1. The van der Waals surface area contributed by atoms with Crippen molar-refractivity contribution in [2.45, 2.75) is 19.6 Å². The average molecular weight is 300 g/mol. The van der Waals surface area contributed by atoms with Gasteiger partial charge in [0.1, 0.15) is 11.6 Å². The summed E-state index contributed by atoms with van der Waals surface area (Å²) in [7, 11) is 0. The minimum absolute atomic E-state index is 0.0307. The number of hydrogen-bond donors (Lipinski definition) is 1. The van der Waals surface area contributed by atoms with Gasteiger partial charge in [0.05, 0.1) is 6.20 Å². The van der Waals surface area contributed by atoms with Gasteiger partial charge in [-0.2, -0.15) is 8.78 Å². The standard InChI is InChI=1S/C14H12F4N2O/c15-13(16)10-3-1-9(2-4-10)7-19-12-6-5-11(8-20-12)21-14(17)18/h1-6,8,13-14H,7H2,(H,19,20). The Bertz CT molecular complexity index is 558. The highest BCUT2D eigenvalue weighted by molar-refractivity contribution is 5.38. The predicted molar refractivity (Wildman–Crippen MR) is 69.6 cm³/mol. The predicted octanol–water partition coefficient (Wildman–Crippen LogP) is 4.23. The molecule has 1 N–H and O–H groups in total. The molecule has 1 heterocycles. The van der Waals surface area contributed by atoms with Gasteiger partial charge >= 0.3 is 6.61 Å². The van der Waals surface area contributed by atoms with Crippen LogP contribution in [0, 0.1) is 0 Å². The third kappa shape index (κ3) is 4.62. The van der Waals surface area contributed by atoms with Crippen LogP contribution in [0.2, 0.25) is 0 Å². The van der Waals surface area contributed by atoms with E-state index in [-0.39, 0.29) is 11.3 Å². The van der Waals surface area contributed by atoms with E-state index >= 15 is 0 Å². The molecule has 112 valence electrons. The first-order valence-electron chi connectivity index (χ1n) is 6.06. The summed E-state index contributed by atoms with van der Waals surface area (Å²) in [5.41, 5.74) is 0.763. The van der Waals surface area contributed by atoms with Crippen molar-refractivity contribution in [3.63, 3.8) is 0 Å². The molecule has 0 amide bonds. The van der Waals surface area contributed by atoms with Crippen LogP contribution >= 0.6 is 0 Å². The zero-order chi connectivity index (χ0) is 15.2. The molecule has 2 rings (SSSR count). The summed E-state index contributed by atoms with van der Waals surface area (Å²) in [6.45, 7) is -2.51. The molecule has 3 nitrogen and oxygen atoms in total. The van der Waals surface area contributed by atoms with E-state index in [0.29, 0.717) is 12.4 Å². The summed E-state index contributed by atoms with van der Waals surface area (Å²) in [6.07, 6.45) is -1.31. The summed E-state index contributed by atoms with van der Waals surface area (Å²) in [4.78, 5) is 3.90. The SMILES string of the molecule is FC(F)Oc1ccc(NCc2ccc(C(F)F)cc2)nc1. The first-order chi connectivity index (χ1) is 10.0. The third-order valence-electron chi connectivity index (χ3n) is 2.67. The number of anilines is 1. The van der Waals surface area contributed by atoms with Crippen LogP contribution in [0.15, 0.2) is 42.6 Å². The second kappa shape index (κ2) is 6.92. The molecule has 0 aliphatic rings. The van der Waals surface area contributed by atoms with Gasteiger partial charge in [0.15, 0.2) is 0 Å². The van der Waals surface area contributed by atoms with Gasteiger partial charge < -0.3 is 10.1 Å². The zero-order valence-electron chi connectivity index (χ0n) is 10.8. The number of pyridine rings is 1. The van der Waals surface area contributed by atoms with Crippen LogP contribution in [0.25, 0.3) is 0 Å². The van der Waals surface area contributed by atoms with Crippen molar-refractivity contribution in [2.24, 2.45) is 0 Å². The lowest BCUT2D eigenvalue weighted by molar-refractivity contribution is -0.0500. The Balaban J connectivity index is 1.90. The van der Waals surface area contributed by atoms with Crippen molar-refractivity contribution in [1.82, 2.24) is 4.98 Å². The Kier molecular flexibility index (Phi) is 4.97. The molecule has 0 unspecified atom stereocenters. The Morgan fingerprint density at radius 2 is 1.71 bits per heavy atom. The van der Waals surface area contributed by atoms with Gasteiger partial charge in [-0.05, 0) is 17.7 Å². The normalized spacial score (nSPS) is 11.0. The highest BCUT2D eigenvalue weighted by atomic mass is 19.3. The van der Waals surface area contributed by atoms with E-state index in [1.807, 2.05) is 0 Å². The fourth-order valence-corrected chi connectivity index (χ4v) is 1.63. The summed E-state index contributed by atoms with van der Waals surface area (Å²) in [5, 5.41) is 2.95. The topological polar surface area (TPSA) is 34.1 Å². The van der Waals surface area contributed by atoms with E-state index in [2.05, 4.69) is 15.0 Å². The highest BCUT2D eigenvalue weighted by Crippen LogP contribution is 2.19. The van der Waals surface area contributed by atoms with Gasteiger partial charge in [-0.15, -0.1) is 0 Å².